The summed E-state index contributed by atoms with van der Waals surface area (Å²) in [5, 5.41) is 43.2. The van der Waals surface area contributed by atoms with Crippen LogP contribution in [0.2, 0.25) is 0 Å². The number of carboxylic acids is 1. The fourth-order valence-corrected chi connectivity index (χ4v) is 10.0. The lowest BCUT2D eigenvalue weighted by Gasteiger charge is -2.64. The second kappa shape index (κ2) is 10.3. The predicted octanol–water partition coefficient (Wildman–Crippen LogP) is 5.34. The minimum atomic E-state index is -1.36. The third-order valence-electron chi connectivity index (χ3n) is 11.8. The van der Waals surface area contributed by atoms with Gasteiger partial charge < -0.3 is 15.3 Å². The first kappa shape index (κ1) is 27.5. The fourth-order valence-electron chi connectivity index (χ4n) is 10.0. The van der Waals surface area contributed by atoms with Gasteiger partial charge in [0.15, 0.2) is 0 Å². The van der Waals surface area contributed by atoms with E-state index < -0.39 is 11.8 Å². The summed E-state index contributed by atoms with van der Waals surface area (Å²) in [6.07, 6.45) is 9.61. The van der Waals surface area contributed by atoms with Crippen LogP contribution in [0, 0.1) is 63.2 Å². The van der Waals surface area contributed by atoms with Gasteiger partial charge in [0.1, 0.15) is 0 Å². The van der Waals surface area contributed by atoms with Crippen molar-refractivity contribution >= 4 is 11.8 Å². The molecule has 0 amide bonds. The number of carboxylic acid groups (broad SMARTS) is 1. The van der Waals surface area contributed by atoms with E-state index in [0.717, 1.165) is 37.1 Å². The largest absolute Gasteiger partial charge is 0.475 e. The number of carbonyl (C=O) groups is 1. The molecule has 5 N–H and O–H groups in total. The highest BCUT2D eigenvalue weighted by Gasteiger charge is 2.64. The van der Waals surface area contributed by atoms with Gasteiger partial charge in [-0.05, 0) is 110 Å². The Morgan fingerprint density at radius 3 is 2.39 bits per heavy atom. The normalized spacial score (nSPS) is 44.6. The molecule has 0 spiro atoms. The van der Waals surface area contributed by atoms with Gasteiger partial charge in [-0.25, -0.2) is 9.80 Å². The Labute approximate surface area is 216 Å². The van der Waals surface area contributed by atoms with Crippen molar-refractivity contribution in [3.63, 3.8) is 0 Å². The highest BCUT2D eigenvalue weighted by molar-refractivity contribution is 6.32. The van der Waals surface area contributed by atoms with Crippen molar-refractivity contribution < 1.29 is 20.1 Å². The van der Waals surface area contributed by atoms with Gasteiger partial charge in [-0.3, -0.25) is 5.41 Å². The molecule has 0 aromatic rings. The molecule has 4 fully saturated rings. The van der Waals surface area contributed by atoms with Crippen LogP contribution in [-0.2, 0) is 4.79 Å². The zero-order chi connectivity index (χ0) is 26.4. The van der Waals surface area contributed by atoms with E-state index in [1.165, 1.54) is 25.7 Å². The molecule has 4 aliphatic rings. The van der Waals surface area contributed by atoms with Crippen molar-refractivity contribution in [3.05, 3.63) is 0 Å². The molecule has 8 heteroatoms. The molecule has 0 bridgehead atoms. The summed E-state index contributed by atoms with van der Waals surface area (Å²) in [6, 6.07) is 0. The summed E-state index contributed by atoms with van der Waals surface area (Å²) in [5.74, 6) is 1.10. The minimum absolute atomic E-state index is 0.199. The Balaban J connectivity index is 1.48. The van der Waals surface area contributed by atoms with Crippen LogP contribution < -0.4 is 0 Å². The molecular weight excluding hydrogens is 456 g/mol. The van der Waals surface area contributed by atoms with Crippen LogP contribution in [0.15, 0.2) is 5.22 Å². The molecule has 0 heterocycles. The van der Waals surface area contributed by atoms with Crippen molar-refractivity contribution in [1.29, 1.82) is 10.9 Å². The van der Waals surface area contributed by atoms with Gasteiger partial charge in [-0.2, -0.15) is 5.53 Å². The van der Waals surface area contributed by atoms with Gasteiger partial charge >= 0.3 is 5.97 Å². The molecule has 4 saturated carbocycles. The molecule has 0 saturated heterocycles. The van der Waals surface area contributed by atoms with Crippen molar-refractivity contribution in [2.45, 2.75) is 104 Å². The highest BCUT2D eigenvalue weighted by atomic mass is 16.4. The molecule has 4 rings (SSSR count). The molecule has 0 aromatic carbocycles. The number of aliphatic carboxylic acids is 1. The quantitative estimate of drug-likeness (QED) is 0.138. The van der Waals surface area contributed by atoms with Gasteiger partial charge in [0.2, 0.25) is 5.84 Å². The average molecular weight is 505 g/mol. The average Bonchev–Trinajstić information content (AvgIpc) is 3.20. The molecule has 8 nitrogen and oxygen atoms in total. The van der Waals surface area contributed by atoms with E-state index in [2.05, 4.69) is 32.9 Å². The van der Waals surface area contributed by atoms with Crippen LogP contribution in [0.4, 0.5) is 0 Å². The second-order valence-corrected chi connectivity index (χ2v) is 13.1. The maximum Gasteiger partial charge on any atom is 0.373 e. The molecule has 36 heavy (non-hydrogen) atoms. The zero-order valence-electron chi connectivity index (χ0n) is 22.6. The van der Waals surface area contributed by atoms with E-state index in [0.29, 0.717) is 41.9 Å². The Bertz CT molecular complexity index is 853. The van der Waals surface area contributed by atoms with Gasteiger partial charge in [-0.15, -0.1) is 0 Å². The Morgan fingerprint density at radius 1 is 1.08 bits per heavy atom. The number of aliphatic hydroxyl groups excluding tert-OH is 2. The van der Waals surface area contributed by atoms with Crippen molar-refractivity contribution in [2.24, 2.45) is 57.5 Å². The lowest BCUT2D eigenvalue weighted by Crippen LogP contribution is -2.62. The van der Waals surface area contributed by atoms with E-state index in [-0.39, 0.29) is 35.5 Å². The standard InChI is InChI=1S/C28H48N4O4/c1-5-18-22-15-17(33)10-12-28(22,4)21-11-13-27(3)19(8-9-20(27)23(21)24(18)34)16(2)7-6-14-32(31-30)25(29)26(35)36/h16-24,29-30,33-34H,5-15H2,1-4H3,(H,35,36)/t16-,17-,18-,19?,20?,21?,22+,23?,24?,27-,28-/m1/s1. The second-order valence-electron chi connectivity index (χ2n) is 13.1. The Kier molecular flexibility index (Phi) is 7.88. The van der Waals surface area contributed by atoms with Gasteiger partial charge in [0.05, 0.1) is 12.2 Å². The fraction of sp³-hybridized carbons (Fsp3) is 0.929. The highest BCUT2D eigenvalue weighted by Crippen LogP contribution is 2.69. The number of nitrogens with one attached hydrogen (secondary N) is 2. The van der Waals surface area contributed by atoms with Gasteiger partial charge in [-0.1, -0.05) is 39.3 Å². The molecule has 11 atom stereocenters. The van der Waals surface area contributed by atoms with Crippen LogP contribution in [0.5, 0.6) is 0 Å². The van der Waals surface area contributed by atoms with Crippen LogP contribution in [0.3, 0.4) is 0 Å². The smallest absolute Gasteiger partial charge is 0.373 e. The molecule has 0 radical (unpaired) electrons. The first-order chi connectivity index (χ1) is 17.0. The van der Waals surface area contributed by atoms with E-state index in [9.17, 15) is 15.0 Å². The SMILES string of the molecule is CC[C@H]1C(O)C2C3CCC([C@H](C)CCCN(N=N)C(=N)C(=O)O)[C@@]3(C)CCC2[C@@]2(C)CC[C@@H](O)C[C@@H]12. The van der Waals surface area contributed by atoms with E-state index in [1.807, 2.05) is 0 Å². The molecule has 5 unspecified atom stereocenters. The number of rotatable bonds is 7. The van der Waals surface area contributed by atoms with E-state index in [1.54, 1.807) is 0 Å². The van der Waals surface area contributed by atoms with E-state index in [4.69, 9.17) is 16.0 Å². The van der Waals surface area contributed by atoms with Crippen molar-refractivity contribution in [2.75, 3.05) is 6.54 Å². The predicted molar refractivity (Wildman–Crippen MR) is 137 cm³/mol. The first-order valence-electron chi connectivity index (χ1n) is 14.3. The van der Waals surface area contributed by atoms with Crippen LogP contribution in [0.1, 0.15) is 91.9 Å². The minimum Gasteiger partial charge on any atom is -0.475 e. The van der Waals surface area contributed by atoms with Crippen molar-refractivity contribution in [1.82, 2.24) is 5.01 Å². The van der Waals surface area contributed by atoms with Gasteiger partial charge in [0.25, 0.3) is 0 Å². The number of fused-ring (bicyclic) bond motifs is 5. The third kappa shape index (κ3) is 4.40. The zero-order valence-corrected chi connectivity index (χ0v) is 22.6. The number of hydrogen-bond donors (Lipinski definition) is 5. The monoisotopic (exact) mass is 504 g/mol. The molecule has 0 aromatic heterocycles. The van der Waals surface area contributed by atoms with Crippen LogP contribution in [-0.4, -0.2) is 50.9 Å². The summed E-state index contributed by atoms with van der Waals surface area (Å²) in [4.78, 5) is 11.1. The topological polar surface area (TPSA) is 141 Å². The lowest BCUT2D eigenvalue weighted by molar-refractivity contribution is -0.203. The van der Waals surface area contributed by atoms with Gasteiger partial charge in [0, 0.05) is 6.54 Å². The summed E-state index contributed by atoms with van der Waals surface area (Å²) in [6.45, 7) is 9.75. The third-order valence-corrected chi connectivity index (χ3v) is 11.8. The number of nitrogens with zero attached hydrogens (tertiary/aromatic N) is 2. The lowest BCUT2D eigenvalue weighted by atomic mass is 9.41. The Morgan fingerprint density at radius 2 is 1.75 bits per heavy atom. The molecular formula is C28H48N4O4. The van der Waals surface area contributed by atoms with Crippen molar-refractivity contribution in [3.8, 4) is 0 Å². The first-order valence-corrected chi connectivity index (χ1v) is 14.3. The molecule has 4 aliphatic carbocycles. The summed E-state index contributed by atoms with van der Waals surface area (Å²) in [5.41, 5.74) is 7.64. The van der Waals surface area contributed by atoms with E-state index >= 15 is 0 Å². The summed E-state index contributed by atoms with van der Waals surface area (Å²) < 4.78 is 0. The summed E-state index contributed by atoms with van der Waals surface area (Å²) >= 11 is 0. The Hall–Kier alpha value is -1.54. The van der Waals surface area contributed by atoms with Crippen LogP contribution in [0.25, 0.3) is 0 Å². The summed E-state index contributed by atoms with van der Waals surface area (Å²) in [7, 11) is 0. The molecule has 204 valence electrons. The number of aliphatic hydroxyl groups is 2. The van der Waals surface area contributed by atoms with Crippen LogP contribution >= 0.6 is 0 Å². The maximum atomic E-state index is 11.8. The molecule has 0 aliphatic heterocycles. The number of amidine groups is 1. The maximum absolute atomic E-state index is 11.8. The number of hydrogen-bond acceptors (Lipinski definition) is 6.